The summed E-state index contributed by atoms with van der Waals surface area (Å²) in [6, 6.07) is 9.46. The third kappa shape index (κ3) is 4.75. The van der Waals surface area contributed by atoms with Crippen molar-refractivity contribution in [3.8, 4) is 0 Å². The Bertz CT molecular complexity index is 616. The summed E-state index contributed by atoms with van der Waals surface area (Å²) in [7, 11) is 0. The average molecular weight is 359 g/mol. The van der Waals surface area contributed by atoms with Gasteiger partial charge in [-0.05, 0) is 44.6 Å². The van der Waals surface area contributed by atoms with Crippen molar-refractivity contribution in [1.82, 2.24) is 9.80 Å². The first-order valence-electron chi connectivity index (χ1n) is 9.59. The quantitative estimate of drug-likeness (QED) is 0.847. The van der Waals surface area contributed by atoms with Crippen LogP contribution in [0.4, 0.5) is 4.79 Å². The lowest BCUT2D eigenvalue weighted by molar-refractivity contribution is -0.136. The normalized spacial score (nSPS) is 21.2. The summed E-state index contributed by atoms with van der Waals surface area (Å²) in [5.41, 5.74) is 6.78. The van der Waals surface area contributed by atoms with Gasteiger partial charge in [-0.1, -0.05) is 30.3 Å². The molecule has 142 valence electrons. The summed E-state index contributed by atoms with van der Waals surface area (Å²) in [5, 5.41) is 0. The molecule has 2 fully saturated rings. The van der Waals surface area contributed by atoms with E-state index < -0.39 is 6.04 Å². The molecule has 6 nitrogen and oxygen atoms in total. The Hall–Kier alpha value is -2.08. The van der Waals surface area contributed by atoms with Gasteiger partial charge >= 0.3 is 6.09 Å². The van der Waals surface area contributed by atoms with Crippen LogP contribution in [0.25, 0.3) is 0 Å². The fourth-order valence-electron chi connectivity index (χ4n) is 3.53. The molecule has 2 aliphatic rings. The highest BCUT2D eigenvalue weighted by molar-refractivity contribution is 5.81. The van der Waals surface area contributed by atoms with Gasteiger partial charge in [-0.25, -0.2) is 4.79 Å². The monoisotopic (exact) mass is 359 g/mol. The van der Waals surface area contributed by atoms with E-state index in [0.717, 1.165) is 44.2 Å². The van der Waals surface area contributed by atoms with Gasteiger partial charge in [0.1, 0.15) is 6.61 Å². The van der Waals surface area contributed by atoms with Crippen molar-refractivity contribution in [1.29, 1.82) is 0 Å². The lowest BCUT2D eigenvalue weighted by atomic mass is 10.0. The highest BCUT2D eigenvalue weighted by Gasteiger charge is 2.38. The zero-order valence-electron chi connectivity index (χ0n) is 15.5. The topological polar surface area (TPSA) is 75.9 Å². The number of carbonyl (C=O) groups excluding carboxylic acids is 2. The molecule has 0 spiro atoms. The Morgan fingerprint density at radius 2 is 1.96 bits per heavy atom. The van der Waals surface area contributed by atoms with Gasteiger partial charge < -0.3 is 20.3 Å². The maximum atomic E-state index is 12.7. The number of ether oxygens (including phenoxy) is 1. The standard InChI is InChI=1S/C20H29N3O3/c1-15(21)19(24)22-12-6-5-9-18(22)13-23(17-10-11-17)20(25)26-14-16-7-3-2-4-8-16/h2-4,7-8,15,17-18H,5-6,9-14,21H2,1H3. The SMILES string of the molecule is CC(N)C(=O)N1CCCCC1CN(C(=O)OCc1ccccc1)C1CC1. The summed E-state index contributed by atoms with van der Waals surface area (Å²) in [6.07, 6.45) is 4.72. The number of hydrogen-bond donors (Lipinski definition) is 1. The van der Waals surface area contributed by atoms with Crippen molar-refractivity contribution in [2.75, 3.05) is 13.1 Å². The first-order valence-corrected chi connectivity index (χ1v) is 9.59. The number of likely N-dealkylation sites (tertiary alicyclic amines) is 1. The fraction of sp³-hybridized carbons (Fsp3) is 0.600. The minimum absolute atomic E-state index is 0.0249. The van der Waals surface area contributed by atoms with Gasteiger partial charge in [0.2, 0.25) is 5.91 Å². The number of carbonyl (C=O) groups is 2. The van der Waals surface area contributed by atoms with Crippen LogP contribution in [0, 0.1) is 0 Å². The van der Waals surface area contributed by atoms with Crippen molar-refractivity contribution >= 4 is 12.0 Å². The number of nitrogens with zero attached hydrogens (tertiary/aromatic N) is 2. The van der Waals surface area contributed by atoms with Gasteiger partial charge in [-0.15, -0.1) is 0 Å². The molecule has 0 radical (unpaired) electrons. The van der Waals surface area contributed by atoms with E-state index in [9.17, 15) is 9.59 Å². The van der Waals surface area contributed by atoms with Crippen LogP contribution in [0.15, 0.2) is 30.3 Å². The van der Waals surface area contributed by atoms with Crippen LogP contribution in [0.5, 0.6) is 0 Å². The number of rotatable bonds is 6. The van der Waals surface area contributed by atoms with Gasteiger partial charge in [0.05, 0.1) is 6.04 Å². The van der Waals surface area contributed by atoms with E-state index in [1.807, 2.05) is 40.1 Å². The van der Waals surface area contributed by atoms with Crippen molar-refractivity contribution in [3.63, 3.8) is 0 Å². The van der Waals surface area contributed by atoms with Crippen molar-refractivity contribution < 1.29 is 14.3 Å². The Kier molecular flexibility index (Phi) is 6.14. The number of hydrogen-bond acceptors (Lipinski definition) is 4. The number of benzene rings is 1. The smallest absolute Gasteiger partial charge is 0.410 e. The van der Waals surface area contributed by atoms with Gasteiger partial charge in [0.25, 0.3) is 0 Å². The molecule has 1 saturated heterocycles. The predicted octanol–water partition coefficient (Wildman–Crippen LogP) is 2.52. The van der Waals surface area contributed by atoms with E-state index in [1.165, 1.54) is 0 Å². The Labute approximate surface area is 155 Å². The second-order valence-electron chi connectivity index (χ2n) is 7.39. The molecule has 2 atom stereocenters. The molecule has 1 aromatic rings. The molecule has 2 unspecified atom stereocenters. The zero-order valence-corrected chi connectivity index (χ0v) is 15.5. The van der Waals surface area contributed by atoms with Crippen LogP contribution in [0.2, 0.25) is 0 Å². The maximum Gasteiger partial charge on any atom is 0.410 e. The van der Waals surface area contributed by atoms with E-state index in [1.54, 1.807) is 6.92 Å². The van der Waals surface area contributed by atoms with E-state index in [2.05, 4.69) is 0 Å². The Balaban J connectivity index is 1.61. The van der Waals surface area contributed by atoms with Crippen LogP contribution in [-0.2, 0) is 16.1 Å². The van der Waals surface area contributed by atoms with E-state index in [-0.39, 0.29) is 30.7 Å². The van der Waals surface area contributed by atoms with Gasteiger partial charge in [0, 0.05) is 25.2 Å². The third-order valence-electron chi connectivity index (χ3n) is 5.13. The fourth-order valence-corrected chi connectivity index (χ4v) is 3.53. The molecule has 6 heteroatoms. The van der Waals surface area contributed by atoms with Gasteiger partial charge in [-0.2, -0.15) is 0 Å². The maximum absolute atomic E-state index is 12.7. The lowest BCUT2D eigenvalue weighted by Gasteiger charge is -2.39. The molecule has 3 rings (SSSR count). The first kappa shape index (κ1) is 18.7. The van der Waals surface area contributed by atoms with Gasteiger partial charge in [-0.3, -0.25) is 4.79 Å². The second-order valence-corrected chi connectivity index (χ2v) is 7.39. The van der Waals surface area contributed by atoms with Crippen molar-refractivity contribution in [2.24, 2.45) is 5.73 Å². The summed E-state index contributed by atoms with van der Waals surface area (Å²) in [5.74, 6) is -0.0249. The highest BCUT2D eigenvalue weighted by Crippen LogP contribution is 2.30. The second kappa shape index (κ2) is 8.54. The van der Waals surface area contributed by atoms with Crippen LogP contribution in [0.1, 0.15) is 44.6 Å². The largest absolute Gasteiger partial charge is 0.445 e. The Morgan fingerprint density at radius 3 is 2.62 bits per heavy atom. The van der Waals surface area contributed by atoms with Gasteiger partial charge in [0.15, 0.2) is 0 Å². The predicted molar refractivity (Wildman–Crippen MR) is 99.4 cm³/mol. The van der Waals surface area contributed by atoms with Crippen LogP contribution >= 0.6 is 0 Å². The molecule has 1 aromatic carbocycles. The number of amides is 2. The average Bonchev–Trinajstić information content (AvgIpc) is 3.49. The molecule has 1 aliphatic heterocycles. The molecule has 2 amide bonds. The molecule has 1 saturated carbocycles. The third-order valence-corrected chi connectivity index (χ3v) is 5.13. The minimum atomic E-state index is -0.505. The highest BCUT2D eigenvalue weighted by atomic mass is 16.6. The molecule has 1 heterocycles. The molecular formula is C20H29N3O3. The summed E-state index contributed by atoms with van der Waals surface area (Å²) >= 11 is 0. The molecule has 1 aliphatic carbocycles. The molecule has 2 N–H and O–H groups in total. The summed E-state index contributed by atoms with van der Waals surface area (Å²) in [6.45, 7) is 3.26. The van der Waals surface area contributed by atoms with E-state index in [0.29, 0.717) is 6.54 Å². The van der Waals surface area contributed by atoms with Crippen LogP contribution in [-0.4, -0.2) is 53.0 Å². The number of nitrogens with two attached hydrogens (primary N) is 1. The molecule has 0 aromatic heterocycles. The molecule has 26 heavy (non-hydrogen) atoms. The first-order chi connectivity index (χ1) is 12.6. The van der Waals surface area contributed by atoms with E-state index in [4.69, 9.17) is 10.5 Å². The minimum Gasteiger partial charge on any atom is -0.445 e. The lowest BCUT2D eigenvalue weighted by Crippen LogP contribution is -2.54. The molecular weight excluding hydrogens is 330 g/mol. The summed E-state index contributed by atoms with van der Waals surface area (Å²) in [4.78, 5) is 28.8. The molecule has 0 bridgehead atoms. The van der Waals surface area contributed by atoms with Crippen molar-refractivity contribution in [2.45, 2.75) is 63.8 Å². The summed E-state index contributed by atoms with van der Waals surface area (Å²) < 4.78 is 5.54. The van der Waals surface area contributed by atoms with Crippen molar-refractivity contribution in [3.05, 3.63) is 35.9 Å². The number of piperidine rings is 1. The van der Waals surface area contributed by atoms with Crippen LogP contribution in [0.3, 0.4) is 0 Å². The zero-order chi connectivity index (χ0) is 18.5. The van der Waals surface area contributed by atoms with E-state index >= 15 is 0 Å². The van der Waals surface area contributed by atoms with Crippen LogP contribution < -0.4 is 5.73 Å². The Morgan fingerprint density at radius 1 is 1.23 bits per heavy atom.